The molecule has 0 saturated carbocycles. The maximum Gasteiger partial charge on any atom is 0.224 e. The zero-order valence-corrected chi connectivity index (χ0v) is 12.0. The van der Waals surface area contributed by atoms with Crippen LogP contribution < -0.4 is 4.90 Å². The van der Waals surface area contributed by atoms with Gasteiger partial charge < -0.3 is 9.80 Å². The van der Waals surface area contributed by atoms with Crippen molar-refractivity contribution >= 4 is 17.4 Å². The smallest absolute Gasteiger partial charge is 0.224 e. The van der Waals surface area contributed by atoms with Crippen LogP contribution >= 0.6 is 11.6 Å². The first-order chi connectivity index (χ1) is 9.33. The molecule has 2 fully saturated rings. The molecule has 0 atom stereocenters. The molecule has 3 heterocycles. The van der Waals surface area contributed by atoms with E-state index in [1.165, 1.54) is 45.2 Å². The van der Waals surface area contributed by atoms with E-state index in [1.807, 2.05) is 6.07 Å². The van der Waals surface area contributed by atoms with E-state index in [1.54, 1.807) is 6.20 Å². The normalized spacial score (nSPS) is 22.7. The number of piperidine rings is 2. The van der Waals surface area contributed by atoms with Crippen LogP contribution in [0.15, 0.2) is 12.3 Å². The number of hydrogen-bond donors (Lipinski definition) is 0. The summed E-state index contributed by atoms with van der Waals surface area (Å²) in [4.78, 5) is 13.3. The van der Waals surface area contributed by atoms with Crippen LogP contribution in [0.4, 0.5) is 5.82 Å². The molecule has 0 bridgehead atoms. The largest absolute Gasteiger partial charge is 0.356 e. The summed E-state index contributed by atoms with van der Waals surface area (Å²) in [6.07, 6.45) is 8.38. The van der Waals surface area contributed by atoms with E-state index in [-0.39, 0.29) is 0 Å². The molecule has 0 aliphatic carbocycles. The highest BCUT2D eigenvalue weighted by molar-refractivity contribution is 6.28. The third kappa shape index (κ3) is 3.18. The molecule has 4 nitrogen and oxygen atoms in total. The van der Waals surface area contributed by atoms with Crippen LogP contribution in [0.2, 0.25) is 5.28 Å². The average molecular weight is 281 g/mol. The van der Waals surface area contributed by atoms with Gasteiger partial charge in [0.15, 0.2) is 0 Å². The summed E-state index contributed by atoms with van der Waals surface area (Å²) in [7, 11) is 0. The highest BCUT2D eigenvalue weighted by Crippen LogP contribution is 2.23. The van der Waals surface area contributed by atoms with Gasteiger partial charge in [0.1, 0.15) is 5.82 Å². The first kappa shape index (κ1) is 13.1. The van der Waals surface area contributed by atoms with Crippen LogP contribution in [0, 0.1) is 0 Å². The Balaban J connectivity index is 1.57. The van der Waals surface area contributed by atoms with Gasteiger partial charge in [-0.1, -0.05) is 6.42 Å². The third-order valence-electron chi connectivity index (χ3n) is 4.31. The molecule has 1 aromatic rings. The summed E-state index contributed by atoms with van der Waals surface area (Å²) in [5.74, 6) is 0.970. The average Bonchev–Trinajstić information content (AvgIpc) is 2.48. The predicted molar refractivity (Wildman–Crippen MR) is 77.7 cm³/mol. The predicted octanol–water partition coefficient (Wildman–Crippen LogP) is 2.58. The van der Waals surface area contributed by atoms with E-state index in [0.29, 0.717) is 5.28 Å². The quantitative estimate of drug-likeness (QED) is 0.780. The van der Waals surface area contributed by atoms with E-state index in [0.717, 1.165) is 24.9 Å². The standard InChI is InChI=1S/C14H21ClN4/c15-14-16-7-4-13(17-14)19-10-5-12(6-11-19)18-8-2-1-3-9-18/h4,7,12H,1-3,5-6,8-11H2. The highest BCUT2D eigenvalue weighted by Gasteiger charge is 2.26. The molecule has 0 unspecified atom stereocenters. The summed E-state index contributed by atoms with van der Waals surface area (Å²) in [6.45, 7) is 4.75. The van der Waals surface area contributed by atoms with Crippen LogP contribution in [-0.2, 0) is 0 Å². The van der Waals surface area contributed by atoms with Gasteiger partial charge in [-0.2, -0.15) is 0 Å². The van der Waals surface area contributed by atoms with Gasteiger partial charge >= 0.3 is 0 Å². The fourth-order valence-corrected chi connectivity index (χ4v) is 3.39. The van der Waals surface area contributed by atoms with Crippen molar-refractivity contribution in [2.24, 2.45) is 0 Å². The number of nitrogens with zero attached hydrogens (tertiary/aromatic N) is 4. The molecule has 2 aliphatic rings. The third-order valence-corrected chi connectivity index (χ3v) is 4.49. The number of anilines is 1. The number of likely N-dealkylation sites (tertiary alicyclic amines) is 1. The highest BCUT2D eigenvalue weighted by atomic mass is 35.5. The zero-order chi connectivity index (χ0) is 13.1. The van der Waals surface area contributed by atoms with Crippen molar-refractivity contribution in [3.05, 3.63) is 17.5 Å². The van der Waals surface area contributed by atoms with Crippen LogP contribution in [0.1, 0.15) is 32.1 Å². The topological polar surface area (TPSA) is 32.3 Å². The summed E-state index contributed by atoms with van der Waals surface area (Å²) in [5, 5.41) is 0.343. The van der Waals surface area contributed by atoms with Gasteiger partial charge in [-0.05, 0) is 56.4 Å². The van der Waals surface area contributed by atoms with Crippen molar-refractivity contribution in [3.8, 4) is 0 Å². The van der Waals surface area contributed by atoms with E-state index < -0.39 is 0 Å². The molecule has 3 rings (SSSR count). The minimum absolute atomic E-state index is 0.343. The zero-order valence-electron chi connectivity index (χ0n) is 11.3. The van der Waals surface area contributed by atoms with Crippen LogP contribution in [0.3, 0.4) is 0 Å². The first-order valence-corrected chi connectivity index (χ1v) is 7.68. The van der Waals surface area contributed by atoms with E-state index in [4.69, 9.17) is 11.6 Å². The lowest BCUT2D eigenvalue weighted by Crippen LogP contribution is -2.46. The molecule has 0 aromatic carbocycles. The SMILES string of the molecule is Clc1nccc(N2CCC(N3CCCCC3)CC2)n1. The van der Waals surface area contributed by atoms with Gasteiger partial charge in [0, 0.05) is 25.3 Å². The van der Waals surface area contributed by atoms with Crippen molar-refractivity contribution in [3.63, 3.8) is 0 Å². The molecule has 0 amide bonds. The molecule has 0 radical (unpaired) electrons. The van der Waals surface area contributed by atoms with E-state index in [9.17, 15) is 0 Å². The second kappa shape index (κ2) is 6.06. The van der Waals surface area contributed by atoms with Gasteiger partial charge in [0.05, 0.1) is 0 Å². The maximum absolute atomic E-state index is 5.86. The summed E-state index contributed by atoms with van der Waals surface area (Å²) in [5.41, 5.74) is 0. The Labute approximate surface area is 119 Å². The monoisotopic (exact) mass is 280 g/mol. The Kier molecular flexibility index (Phi) is 4.18. The molecule has 5 heteroatoms. The Morgan fingerprint density at radius 2 is 1.79 bits per heavy atom. The van der Waals surface area contributed by atoms with Crippen LogP contribution in [0.25, 0.3) is 0 Å². The lowest BCUT2D eigenvalue weighted by Gasteiger charge is -2.40. The fraction of sp³-hybridized carbons (Fsp3) is 0.714. The number of halogens is 1. The van der Waals surface area contributed by atoms with Gasteiger partial charge in [-0.3, -0.25) is 0 Å². The van der Waals surface area contributed by atoms with Crippen LogP contribution in [-0.4, -0.2) is 47.1 Å². The summed E-state index contributed by atoms with van der Waals surface area (Å²) < 4.78 is 0. The van der Waals surface area contributed by atoms with Crippen molar-refractivity contribution in [2.75, 3.05) is 31.1 Å². The molecular weight excluding hydrogens is 260 g/mol. The minimum atomic E-state index is 0.343. The van der Waals surface area contributed by atoms with Gasteiger partial charge in [-0.15, -0.1) is 0 Å². The Morgan fingerprint density at radius 3 is 2.47 bits per heavy atom. The minimum Gasteiger partial charge on any atom is -0.356 e. The second-order valence-corrected chi connectivity index (χ2v) is 5.84. The molecule has 2 saturated heterocycles. The molecule has 19 heavy (non-hydrogen) atoms. The van der Waals surface area contributed by atoms with Gasteiger partial charge in [-0.25, -0.2) is 9.97 Å². The Hall–Kier alpha value is -0.870. The summed E-state index contributed by atoms with van der Waals surface area (Å²) in [6, 6.07) is 2.72. The molecule has 1 aromatic heterocycles. The number of rotatable bonds is 2. The van der Waals surface area contributed by atoms with E-state index >= 15 is 0 Å². The molecule has 0 spiro atoms. The Morgan fingerprint density at radius 1 is 1.05 bits per heavy atom. The van der Waals surface area contributed by atoms with E-state index in [2.05, 4.69) is 19.8 Å². The summed E-state index contributed by atoms with van der Waals surface area (Å²) >= 11 is 5.86. The molecular formula is C14H21ClN4. The van der Waals surface area contributed by atoms with Gasteiger partial charge in [0.2, 0.25) is 5.28 Å². The van der Waals surface area contributed by atoms with Crippen molar-refractivity contribution in [1.29, 1.82) is 0 Å². The van der Waals surface area contributed by atoms with Crippen molar-refractivity contribution in [2.45, 2.75) is 38.1 Å². The number of hydrogen-bond acceptors (Lipinski definition) is 4. The lowest BCUT2D eigenvalue weighted by atomic mass is 10.00. The lowest BCUT2D eigenvalue weighted by molar-refractivity contribution is 0.141. The van der Waals surface area contributed by atoms with Crippen LogP contribution in [0.5, 0.6) is 0 Å². The second-order valence-electron chi connectivity index (χ2n) is 5.50. The van der Waals surface area contributed by atoms with Crippen molar-refractivity contribution < 1.29 is 0 Å². The number of aromatic nitrogens is 2. The fourth-order valence-electron chi connectivity index (χ4n) is 3.25. The molecule has 104 valence electrons. The first-order valence-electron chi connectivity index (χ1n) is 7.30. The maximum atomic E-state index is 5.86. The van der Waals surface area contributed by atoms with Gasteiger partial charge in [0.25, 0.3) is 0 Å². The van der Waals surface area contributed by atoms with Crippen molar-refractivity contribution in [1.82, 2.24) is 14.9 Å². The molecule has 2 aliphatic heterocycles. The molecule has 0 N–H and O–H groups in total. The Bertz CT molecular complexity index is 412.